The van der Waals surface area contributed by atoms with Crippen LogP contribution in [0.4, 0.5) is 0 Å². The predicted octanol–water partition coefficient (Wildman–Crippen LogP) is 4.36. The van der Waals surface area contributed by atoms with Crippen molar-refractivity contribution in [2.45, 2.75) is 82.6 Å². The maximum atomic E-state index is 12.1. The van der Waals surface area contributed by atoms with Crippen LogP contribution in [0, 0.1) is 0 Å². The first-order chi connectivity index (χ1) is 8.66. The van der Waals surface area contributed by atoms with E-state index in [1.807, 2.05) is 11.9 Å². The predicted molar refractivity (Wildman–Crippen MR) is 78.0 cm³/mol. The van der Waals surface area contributed by atoms with Crippen LogP contribution in [-0.4, -0.2) is 29.3 Å². The zero-order valence-electron chi connectivity index (χ0n) is 12.0. The van der Waals surface area contributed by atoms with Crippen LogP contribution in [-0.2, 0) is 4.79 Å². The van der Waals surface area contributed by atoms with Gasteiger partial charge in [0.05, 0.1) is 5.38 Å². The topological polar surface area (TPSA) is 20.3 Å². The van der Waals surface area contributed by atoms with E-state index in [-0.39, 0.29) is 17.3 Å². The van der Waals surface area contributed by atoms with Crippen molar-refractivity contribution in [1.82, 2.24) is 4.90 Å². The summed E-state index contributed by atoms with van der Waals surface area (Å²) in [6, 6.07) is 0.267. The van der Waals surface area contributed by atoms with Crippen molar-refractivity contribution < 1.29 is 4.79 Å². The summed E-state index contributed by atoms with van der Waals surface area (Å²) in [4.78, 5) is 14.0. The first kappa shape index (κ1) is 15.8. The molecule has 18 heavy (non-hydrogen) atoms. The lowest BCUT2D eigenvalue weighted by molar-refractivity contribution is -0.132. The normalized spacial score (nSPS) is 23.9. The van der Waals surface area contributed by atoms with Gasteiger partial charge >= 0.3 is 0 Å². The molecule has 1 aliphatic rings. The van der Waals surface area contributed by atoms with Crippen LogP contribution < -0.4 is 0 Å². The molecule has 0 aromatic carbocycles. The minimum atomic E-state index is 0.160. The largest absolute Gasteiger partial charge is 0.341 e. The number of rotatable bonds is 7. The second-order valence-corrected chi connectivity index (χ2v) is 6.10. The summed E-state index contributed by atoms with van der Waals surface area (Å²) in [7, 11) is 1.93. The van der Waals surface area contributed by atoms with Crippen molar-refractivity contribution in [1.29, 1.82) is 0 Å². The van der Waals surface area contributed by atoms with Crippen LogP contribution in [0.5, 0.6) is 0 Å². The molecule has 1 amide bonds. The van der Waals surface area contributed by atoms with Crippen LogP contribution in [0.1, 0.15) is 71.1 Å². The van der Waals surface area contributed by atoms with Gasteiger partial charge in [0.15, 0.2) is 0 Å². The number of hydrogen-bond donors (Lipinski definition) is 0. The molecule has 0 N–H and O–H groups in total. The highest BCUT2D eigenvalue weighted by Crippen LogP contribution is 2.27. The average molecular weight is 274 g/mol. The Balaban J connectivity index is 2.23. The van der Waals surface area contributed by atoms with Crippen molar-refractivity contribution in [3.8, 4) is 0 Å². The maximum Gasteiger partial charge on any atom is 0.222 e. The summed E-state index contributed by atoms with van der Waals surface area (Å²) < 4.78 is 0. The second-order valence-electron chi connectivity index (χ2n) is 5.54. The van der Waals surface area contributed by atoms with Crippen molar-refractivity contribution in [3.05, 3.63) is 0 Å². The number of carbonyl (C=O) groups is 1. The van der Waals surface area contributed by atoms with E-state index in [1.165, 1.54) is 38.5 Å². The van der Waals surface area contributed by atoms with Crippen molar-refractivity contribution >= 4 is 17.5 Å². The monoisotopic (exact) mass is 273 g/mol. The van der Waals surface area contributed by atoms with Gasteiger partial charge in [-0.2, -0.15) is 0 Å². The first-order valence-corrected chi connectivity index (χ1v) is 8.00. The van der Waals surface area contributed by atoms with Crippen LogP contribution in [0.3, 0.4) is 0 Å². The molecular formula is C15H28ClNO. The Labute approximate surface area is 117 Å². The zero-order valence-corrected chi connectivity index (χ0v) is 12.7. The zero-order chi connectivity index (χ0) is 13.4. The van der Waals surface area contributed by atoms with Crippen LogP contribution >= 0.6 is 11.6 Å². The molecule has 2 unspecified atom stereocenters. The molecular weight excluding hydrogens is 246 g/mol. The molecule has 3 heteroatoms. The number of hydrogen-bond acceptors (Lipinski definition) is 1. The van der Waals surface area contributed by atoms with Crippen molar-refractivity contribution in [2.75, 3.05) is 7.05 Å². The fourth-order valence-corrected chi connectivity index (χ4v) is 3.19. The molecule has 0 aromatic rings. The molecule has 1 rings (SSSR count). The van der Waals surface area contributed by atoms with Crippen LogP contribution in [0.2, 0.25) is 0 Å². The third kappa shape index (κ3) is 5.17. The Bertz CT molecular complexity index is 245. The summed E-state index contributed by atoms with van der Waals surface area (Å²) in [5.41, 5.74) is 0. The summed E-state index contributed by atoms with van der Waals surface area (Å²) in [6.45, 7) is 2.21. The Morgan fingerprint density at radius 1 is 1.17 bits per heavy atom. The highest BCUT2D eigenvalue weighted by atomic mass is 35.5. The number of nitrogens with zero attached hydrogens (tertiary/aromatic N) is 1. The highest BCUT2D eigenvalue weighted by Gasteiger charge is 2.28. The van der Waals surface area contributed by atoms with E-state index in [0.29, 0.717) is 6.42 Å². The average Bonchev–Trinajstić information content (AvgIpc) is 2.38. The molecule has 0 bridgehead atoms. The fraction of sp³-hybridized carbons (Fsp3) is 0.933. The molecule has 106 valence electrons. The second kappa shape index (κ2) is 8.79. The Morgan fingerprint density at radius 2 is 1.83 bits per heavy atom. The first-order valence-electron chi connectivity index (χ1n) is 7.56. The van der Waals surface area contributed by atoms with Gasteiger partial charge in [0, 0.05) is 19.5 Å². The maximum absolute atomic E-state index is 12.1. The molecule has 2 atom stereocenters. The Hall–Kier alpha value is -0.240. The van der Waals surface area contributed by atoms with Crippen LogP contribution in [0.25, 0.3) is 0 Å². The third-order valence-corrected chi connectivity index (χ3v) is 4.54. The number of unbranched alkanes of at least 4 members (excludes halogenated alkanes) is 4. The molecule has 0 saturated heterocycles. The molecule has 0 spiro atoms. The standard InChI is InChI=1S/C15H28ClNO/c1-3-4-5-6-7-12-15(18)17(2)14-11-9-8-10-13(14)16/h13-14H,3-12H2,1-2H3. The fourth-order valence-electron chi connectivity index (χ4n) is 2.74. The molecule has 0 aromatic heterocycles. The van der Waals surface area contributed by atoms with E-state index in [1.54, 1.807) is 0 Å². The van der Waals surface area contributed by atoms with Gasteiger partial charge in [0.25, 0.3) is 0 Å². The molecule has 1 saturated carbocycles. The van der Waals surface area contributed by atoms with Gasteiger partial charge in [-0.3, -0.25) is 4.79 Å². The minimum Gasteiger partial charge on any atom is -0.341 e. The van der Waals surface area contributed by atoms with E-state index < -0.39 is 0 Å². The van der Waals surface area contributed by atoms with E-state index >= 15 is 0 Å². The minimum absolute atomic E-state index is 0.160. The lowest BCUT2D eigenvalue weighted by Crippen LogP contribution is -2.44. The SMILES string of the molecule is CCCCCCCC(=O)N(C)C1CCCCC1Cl. The molecule has 2 nitrogen and oxygen atoms in total. The summed E-state index contributed by atoms with van der Waals surface area (Å²) in [5.74, 6) is 0.282. The van der Waals surface area contributed by atoms with E-state index in [0.717, 1.165) is 19.3 Å². The van der Waals surface area contributed by atoms with E-state index in [9.17, 15) is 4.79 Å². The molecule has 0 aliphatic heterocycles. The van der Waals surface area contributed by atoms with E-state index in [4.69, 9.17) is 11.6 Å². The van der Waals surface area contributed by atoms with Crippen molar-refractivity contribution in [3.63, 3.8) is 0 Å². The van der Waals surface area contributed by atoms with Gasteiger partial charge in [0.2, 0.25) is 5.91 Å². The summed E-state index contributed by atoms with van der Waals surface area (Å²) in [5, 5.41) is 0.160. The number of carbonyl (C=O) groups excluding carboxylic acids is 1. The smallest absolute Gasteiger partial charge is 0.222 e. The molecule has 0 radical (unpaired) electrons. The van der Waals surface area contributed by atoms with E-state index in [2.05, 4.69) is 6.92 Å². The Morgan fingerprint density at radius 3 is 2.50 bits per heavy atom. The highest BCUT2D eigenvalue weighted by molar-refractivity contribution is 6.21. The van der Waals surface area contributed by atoms with Crippen molar-refractivity contribution in [2.24, 2.45) is 0 Å². The van der Waals surface area contributed by atoms with Gasteiger partial charge < -0.3 is 4.90 Å². The molecule has 1 fully saturated rings. The van der Waals surface area contributed by atoms with Crippen LogP contribution in [0.15, 0.2) is 0 Å². The number of amides is 1. The number of halogens is 1. The quantitative estimate of drug-likeness (QED) is 0.499. The van der Waals surface area contributed by atoms with Gasteiger partial charge in [-0.25, -0.2) is 0 Å². The van der Waals surface area contributed by atoms with Gasteiger partial charge in [-0.05, 0) is 19.3 Å². The van der Waals surface area contributed by atoms with Gasteiger partial charge in [-0.15, -0.1) is 11.6 Å². The van der Waals surface area contributed by atoms with Gasteiger partial charge in [0.1, 0.15) is 0 Å². The lowest BCUT2D eigenvalue weighted by atomic mass is 9.93. The lowest BCUT2D eigenvalue weighted by Gasteiger charge is -2.35. The third-order valence-electron chi connectivity index (χ3n) is 4.03. The molecule has 1 aliphatic carbocycles. The summed E-state index contributed by atoms with van der Waals surface area (Å²) in [6.07, 6.45) is 11.3. The summed E-state index contributed by atoms with van der Waals surface area (Å²) >= 11 is 6.33. The molecule has 0 heterocycles. The Kier molecular flexibility index (Phi) is 7.73. The number of alkyl halides is 1. The van der Waals surface area contributed by atoms with Gasteiger partial charge in [-0.1, -0.05) is 45.4 Å².